The lowest BCUT2D eigenvalue weighted by atomic mass is 10.1. The van der Waals surface area contributed by atoms with Gasteiger partial charge in [-0.3, -0.25) is 0 Å². The summed E-state index contributed by atoms with van der Waals surface area (Å²) in [4.78, 5) is 10.5. The zero-order valence-corrected chi connectivity index (χ0v) is 8.41. The van der Waals surface area contributed by atoms with Gasteiger partial charge < -0.3 is 14.9 Å². The molecule has 0 saturated heterocycles. The molecule has 0 radical (unpaired) electrons. The minimum atomic E-state index is -2.08. The number of carboxylic acids is 1. The fraction of sp³-hybridized carbons (Fsp3) is 0.300. The predicted octanol–water partition coefficient (Wildman–Crippen LogP) is 1.18. The van der Waals surface area contributed by atoms with Crippen LogP contribution in [0.5, 0.6) is 5.75 Å². The summed E-state index contributed by atoms with van der Waals surface area (Å²) in [5, 5.41) is 17.8. The van der Waals surface area contributed by atoms with Gasteiger partial charge >= 0.3 is 5.97 Å². The zero-order chi connectivity index (χ0) is 12.3. The Hall–Kier alpha value is -1.69. The highest BCUT2D eigenvalue weighted by atomic mass is 19.2. The Morgan fingerprint density at radius 2 is 2.06 bits per heavy atom. The third kappa shape index (κ3) is 2.90. The highest BCUT2D eigenvalue weighted by molar-refractivity contribution is 5.76. The van der Waals surface area contributed by atoms with Gasteiger partial charge in [0, 0.05) is 6.07 Å². The van der Waals surface area contributed by atoms with Crippen molar-refractivity contribution in [2.75, 3.05) is 6.61 Å². The van der Waals surface area contributed by atoms with Crippen molar-refractivity contribution >= 4 is 5.97 Å². The van der Waals surface area contributed by atoms with E-state index >= 15 is 0 Å². The molecular formula is C10H10F2O4. The van der Waals surface area contributed by atoms with E-state index in [2.05, 4.69) is 0 Å². The summed E-state index contributed by atoms with van der Waals surface area (Å²) in [6, 6.07) is 2.75. The molecule has 4 nitrogen and oxygen atoms in total. The minimum Gasteiger partial charge on any atom is -0.490 e. The van der Waals surface area contributed by atoms with E-state index in [1.165, 1.54) is 0 Å². The summed E-state index contributed by atoms with van der Waals surface area (Å²) in [5.74, 6) is -3.65. The van der Waals surface area contributed by atoms with Crippen molar-refractivity contribution in [1.82, 2.24) is 0 Å². The lowest BCUT2D eigenvalue weighted by Gasteiger charge is -2.18. The van der Waals surface area contributed by atoms with E-state index < -0.39 is 29.8 Å². The van der Waals surface area contributed by atoms with Gasteiger partial charge in [0.25, 0.3) is 0 Å². The van der Waals surface area contributed by atoms with Crippen LogP contribution in [0.2, 0.25) is 0 Å². The molecule has 0 aliphatic heterocycles. The Kier molecular flexibility index (Phi) is 3.44. The van der Waals surface area contributed by atoms with Crippen LogP contribution in [0.3, 0.4) is 0 Å². The number of hydrogen-bond donors (Lipinski definition) is 2. The van der Waals surface area contributed by atoms with Gasteiger partial charge in [-0.15, -0.1) is 0 Å². The molecule has 1 aromatic rings. The van der Waals surface area contributed by atoms with E-state index in [1.807, 2.05) is 0 Å². The first-order valence-corrected chi connectivity index (χ1v) is 4.36. The average Bonchev–Trinajstić information content (AvgIpc) is 2.20. The van der Waals surface area contributed by atoms with E-state index in [0.717, 1.165) is 25.1 Å². The molecule has 0 aliphatic rings. The Labute approximate surface area is 90.1 Å². The van der Waals surface area contributed by atoms with Crippen LogP contribution in [-0.2, 0) is 4.79 Å². The lowest BCUT2D eigenvalue weighted by molar-refractivity contribution is -0.159. The number of ether oxygens (including phenoxy) is 1. The average molecular weight is 232 g/mol. The Bertz CT molecular complexity index is 404. The van der Waals surface area contributed by atoms with Crippen molar-refractivity contribution in [2.24, 2.45) is 0 Å². The van der Waals surface area contributed by atoms with Crippen molar-refractivity contribution < 1.29 is 28.5 Å². The van der Waals surface area contributed by atoms with Gasteiger partial charge in [-0.2, -0.15) is 0 Å². The molecule has 88 valence electrons. The number of hydrogen-bond acceptors (Lipinski definition) is 3. The molecule has 1 unspecified atom stereocenters. The van der Waals surface area contributed by atoms with Crippen LogP contribution in [0.1, 0.15) is 6.92 Å². The summed E-state index contributed by atoms with van der Waals surface area (Å²) in [6.45, 7) is 0.475. The van der Waals surface area contributed by atoms with Gasteiger partial charge in [0.15, 0.2) is 17.2 Å². The minimum absolute atomic E-state index is 0.0552. The van der Waals surface area contributed by atoms with E-state index in [9.17, 15) is 18.7 Å². The predicted molar refractivity (Wildman–Crippen MR) is 50.1 cm³/mol. The second-order valence-corrected chi connectivity index (χ2v) is 3.44. The number of aliphatic hydroxyl groups is 1. The number of aliphatic carboxylic acids is 1. The first kappa shape index (κ1) is 12.4. The number of benzene rings is 1. The van der Waals surface area contributed by atoms with Gasteiger partial charge in [-0.1, -0.05) is 0 Å². The number of carboxylic acid groups (broad SMARTS) is 1. The first-order chi connectivity index (χ1) is 7.33. The summed E-state index contributed by atoms with van der Waals surface area (Å²) >= 11 is 0. The molecule has 0 amide bonds. The summed E-state index contributed by atoms with van der Waals surface area (Å²) in [6.07, 6.45) is 0. The summed E-state index contributed by atoms with van der Waals surface area (Å²) < 4.78 is 30.1. The van der Waals surface area contributed by atoms with Crippen LogP contribution in [0.25, 0.3) is 0 Å². The van der Waals surface area contributed by atoms with E-state index in [0.29, 0.717) is 0 Å². The second kappa shape index (κ2) is 4.44. The Morgan fingerprint density at radius 1 is 1.44 bits per heavy atom. The molecule has 0 fully saturated rings. The molecule has 0 saturated carbocycles. The molecule has 1 atom stereocenters. The quantitative estimate of drug-likeness (QED) is 0.818. The van der Waals surface area contributed by atoms with Crippen molar-refractivity contribution in [3.05, 3.63) is 29.8 Å². The topological polar surface area (TPSA) is 66.8 Å². The number of carbonyl (C=O) groups is 1. The van der Waals surface area contributed by atoms with Crippen LogP contribution >= 0.6 is 0 Å². The van der Waals surface area contributed by atoms with Gasteiger partial charge in [-0.25, -0.2) is 13.6 Å². The monoisotopic (exact) mass is 232 g/mol. The largest absolute Gasteiger partial charge is 0.490 e. The van der Waals surface area contributed by atoms with E-state index in [4.69, 9.17) is 9.84 Å². The van der Waals surface area contributed by atoms with Crippen LogP contribution in [-0.4, -0.2) is 28.4 Å². The molecule has 6 heteroatoms. The maximum atomic E-state index is 12.7. The molecule has 0 aliphatic carbocycles. The van der Waals surface area contributed by atoms with Gasteiger partial charge in [0.1, 0.15) is 12.4 Å². The highest BCUT2D eigenvalue weighted by Gasteiger charge is 2.30. The maximum absolute atomic E-state index is 12.7. The third-order valence-corrected chi connectivity index (χ3v) is 1.87. The van der Waals surface area contributed by atoms with Gasteiger partial charge in [0.2, 0.25) is 0 Å². The van der Waals surface area contributed by atoms with Crippen molar-refractivity contribution in [2.45, 2.75) is 12.5 Å². The molecule has 16 heavy (non-hydrogen) atoms. The van der Waals surface area contributed by atoms with Crippen LogP contribution in [0.15, 0.2) is 18.2 Å². The van der Waals surface area contributed by atoms with Gasteiger partial charge in [0.05, 0.1) is 0 Å². The molecule has 1 aromatic carbocycles. The van der Waals surface area contributed by atoms with Crippen molar-refractivity contribution in [3.8, 4) is 5.75 Å². The maximum Gasteiger partial charge on any atom is 0.339 e. The van der Waals surface area contributed by atoms with Gasteiger partial charge in [-0.05, 0) is 19.1 Å². The fourth-order valence-corrected chi connectivity index (χ4v) is 0.852. The van der Waals surface area contributed by atoms with Crippen LogP contribution < -0.4 is 4.74 Å². The third-order valence-electron chi connectivity index (χ3n) is 1.87. The fourth-order valence-electron chi connectivity index (χ4n) is 0.852. The Morgan fingerprint density at radius 3 is 2.56 bits per heavy atom. The molecule has 2 N–H and O–H groups in total. The molecule has 1 rings (SSSR count). The summed E-state index contributed by atoms with van der Waals surface area (Å²) in [7, 11) is 0. The summed E-state index contributed by atoms with van der Waals surface area (Å²) in [5.41, 5.74) is -2.08. The molecule has 0 heterocycles. The highest BCUT2D eigenvalue weighted by Crippen LogP contribution is 2.17. The first-order valence-electron chi connectivity index (χ1n) is 4.36. The van der Waals surface area contributed by atoms with Crippen LogP contribution in [0.4, 0.5) is 8.78 Å². The molecule has 0 aromatic heterocycles. The van der Waals surface area contributed by atoms with E-state index in [-0.39, 0.29) is 5.75 Å². The normalized spacial score (nSPS) is 14.2. The standard InChI is InChI=1S/C10H10F2O4/c1-10(15,9(13)14)5-16-6-2-3-7(11)8(12)4-6/h2-4,15H,5H2,1H3,(H,13,14). The number of rotatable bonds is 4. The lowest BCUT2D eigenvalue weighted by Crippen LogP contribution is -2.41. The van der Waals surface area contributed by atoms with E-state index in [1.54, 1.807) is 0 Å². The smallest absolute Gasteiger partial charge is 0.339 e. The zero-order valence-electron chi connectivity index (χ0n) is 8.41. The SMILES string of the molecule is CC(O)(COc1ccc(F)c(F)c1)C(=O)O. The Balaban J connectivity index is 2.68. The van der Waals surface area contributed by atoms with Crippen molar-refractivity contribution in [1.29, 1.82) is 0 Å². The second-order valence-electron chi connectivity index (χ2n) is 3.44. The molecule has 0 bridgehead atoms. The number of halogens is 2. The van der Waals surface area contributed by atoms with Crippen molar-refractivity contribution in [3.63, 3.8) is 0 Å². The van der Waals surface area contributed by atoms with Crippen LogP contribution in [0, 0.1) is 11.6 Å². The molecular weight excluding hydrogens is 222 g/mol. The molecule has 0 spiro atoms.